The van der Waals surface area contributed by atoms with Crippen molar-refractivity contribution in [2.45, 2.75) is 51.7 Å². The minimum absolute atomic E-state index is 0.0350. The molecule has 0 spiro atoms. The van der Waals surface area contributed by atoms with Crippen molar-refractivity contribution in [1.82, 2.24) is 5.32 Å². The van der Waals surface area contributed by atoms with Gasteiger partial charge in [-0.05, 0) is 63.4 Å². The number of benzene rings is 2. The van der Waals surface area contributed by atoms with Crippen LogP contribution in [0, 0.1) is 5.82 Å². The van der Waals surface area contributed by atoms with Crippen LogP contribution in [-0.2, 0) is 9.53 Å². The normalized spacial score (nSPS) is 12.3. The summed E-state index contributed by atoms with van der Waals surface area (Å²) in [5.41, 5.74) is 5.77. The van der Waals surface area contributed by atoms with E-state index in [1.165, 1.54) is 6.07 Å². The molecule has 5 nitrogen and oxygen atoms in total. The molecule has 0 aliphatic carbocycles. The van der Waals surface area contributed by atoms with Crippen LogP contribution in [0.25, 0.3) is 0 Å². The summed E-state index contributed by atoms with van der Waals surface area (Å²) in [4.78, 5) is 24.7. The second-order valence-corrected chi connectivity index (χ2v) is 8.76. The quantitative estimate of drug-likeness (QED) is 0.415. The highest BCUT2D eigenvalue weighted by molar-refractivity contribution is 6.33. The lowest BCUT2D eigenvalue weighted by Gasteiger charge is -2.21. The molecule has 0 aliphatic heterocycles. The Morgan fingerprint density at radius 3 is 2.53 bits per heavy atom. The number of esters is 1. The highest BCUT2D eigenvalue weighted by Crippen LogP contribution is 2.26. The van der Waals surface area contributed by atoms with E-state index in [0.29, 0.717) is 17.9 Å². The van der Waals surface area contributed by atoms with E-state index in [2.05, 4.69) is 5.32 Å². The Hall–Kier alpha value is -2.31. The first-order valence-corrected chi connectivity index (χ1v) is 10.2. The van der Waals surface area contributed by atoms with E-state index in [0.717, 1.165) is 11.6 Å². The van der Waals surface area contributed by atoms with Gasteiger partial charge in [0.15, 0.2) is 0 Å². The number of halogens is 3. The van der Waals surface area contributed by atoms with Crippen molar-refractivity contribution in [3.05, 3.63) is 63.4 Å². The summed E-state index contributed by atoms with van der Waals surface area (Å²) in [6, 6.07) is 8.69. The molecule has 0 saturated heterocycles. The van der Waals surface area contributed by atoms with E-state index >= 15 is 0 Å². The number of nitrogens with one attached hydrogen (secondary N) is 1. The number of nitrogens with two attached hydrogens (primary N) is 1. The predicted molar refractivity (Wildman–Crippen MR) is 117 cm³/mol. The molecule has 0 radical (unpaired) electrons. The first-order chi connectivity index (χ1) is 14.0. The van der Waals surface area contributed by atoms with Crippen LogP contribution in [0.5, 0.6) is 0 Å². The number of hydrogen-bond acceptors (Lipinski definition) is 4. The van der Waals surface area contributed by atoms with E-state index in [-0.39, 0.29) is 28.7 Å². The standard InChI is InChI=1S/C22H25Cl2FN2O3/c1-22(2,3)30-20(28)9-5-8-19(13-6-4-7-14(23)10-13)27-21(29)15-11-18(26)16(24)12-17(15)25/h4,6-7,10-12,19H,5,8-9,26H2,1-3H3,(H,27,29). The molecular weight excluding hydrogens is 430 g/mol. The smallest absolute Gasteiger partial charge is 0.306 e. The van der Waals surface area contributed by atoms with Crippen LogP contribution in [0.1, 0.15) is 62.0 Å². The van der Waals surface area contributed by atoms with E-state index in [9.17, 15) is 14.0 Å². The van der Waals surface area contributed by atoms with Crippen LogP contribution in [0.4, 0.5) is 10.1 Å². The Kier molecular flexibility index (Phi) is 8.10. The molecule has 1 unspecified atom stereocenters. The molecule has 2 aromatic carbocycles. The first-order valence-electron chi connectivity index (χ1n) is 9.49. The third kappa shape index (κ3) is 7.18. The highest BCUT2D eigenvalue weighted by atomic mass is 35.5. The van der Waals surface area contributed by atoms with Crippen molar-refractivity contribution in [3.63, 3.8) is 0 Å². The van der Waals surface area contributed by atoms with Crippen molar-refractivity contribution in [2.75, 3.05) is 5.73 Å². The summed E-state index contributed by atoms with van der Waals surface area (Å²) in [7, 11) is 0. The van der Waals surface area contributed by atoms with Gasteiger partial charge in [0.25, 0.3) is 5.91 Å². The van der Waals surface area contributed by atoms with Crippen LogP contribution in [0.2, 0.25) is 10.0 Å². The third-order valence-electron chi connectivity index (χ3n) is 4.18. The van der Waals surface area contributed by atoms with Gasteiger partial charge in [0.2, 0.25) is 0 Å². The molecule has 2 aromatic rings. The summed E-state index contributed by atoms with van der Waals surface area (Å²) in [6.07, 6.45) is 1.07. The number of carbonyl (C=O) groups excluding carboxylic acids is 2. The maximum atomic E-state index is 14.2. The molecule has 0 saturated carbocycles. The summed E-state index contributed by atoms with van der Waals surface area (Å²) in [5.74, 6) is -1.74. The number of ether oxygens (including phenoxy) is 1. The molecule has 0 bridgehead atoms. The molecule has 1 atom stereocenters. The van der Waals surface area contributed by atoms with Crippen molar-refractivity contribution < 1.29 is 18.7 Å². The van der Waals surface area contributed by atoms with Gasteiger partial charge in [-0.25, -0.2) is 4.39 Å². The average molecular weight is 455 g/mol. The number of anilines is 1. The van der Waals surface area contributed by atoms with E-state index in [1.54, 1.807) is 45.0 Å². The largest absolute Gasteiger partial charge is 0.460 e. The number of amides is 1. The first kappa shape index (κ1) is 24.0. The van der Waals surface area contributed by atoms with Crippen LogP contribution in [0.15, 0.2) is 36.4 Å². The molecule has 1 amide bonds. The lowest BCUT2D eigenvalue weighted by molar-refractivity contribution is -0.154. The van der Waals surface area contributed by atoms with Crippen molar-refractivity contribution in [1.29, 1.82) is 0 Å². The minimum Gasteiger partial charge on any atom is -0.460 e. The SMILES string of the molecule is CC(C)(C)OC(=O)CCCC(NC(=O)c1cc(N)c(Cl)cc1F)c1cccc(Cl)c1. The lowest BCUT2D eigenvalue weighted by atomic mass is 10.00. The Balaban J connectivity index is 2.15. The predicted octanol–water partition coefficient (Wildman–Crippen LogP) is 5.70. The van der Waals surface area contributed by atoms with Crippen LogP contribution in [0.3, 0.4) is 0 Å². The second kappa shape index (κ2) is 10.1. The van der Waals surface area contributed by atoms with Gasteiger partial charge in [-0.3, -0.25) is 9.59 Å². The van der Waals surface area contributed by atoms with Crippen molar-refractivity contribution in [3.8, 4) is 0 Å². The summed E-state index contributed by atoms with van der Waals surface area (Å²) >= 11 is 11.9. The van der Waals surface area contributed by atoms with Gasteiger partial charge in [-0.2, -0.15) is 0 Å². The Bertz CT molecular complexity index is 929. The van der Waals surface area contributed by atoms with Gasteiger partial charge < -0.3 is 15.8 Å². The van der Waals surface area contributed by atoms with E-state index in [4.69, 9.17) is 33.7 Å². The zero-order valence-corrected chi connectivity index (χ0v) is 18.6. The zero-order chi connectivity index (χ0) is 22.5. The van der Waals surface area contributed by atoms with E-state index in [1.807, 2.05) is 0 Å². The molecule has 3 N–H and O–H groups in total. The van der Waals surface area contributed by atoms with Crippen LogP contribution in [-0.4, -0.2) is 17.5 Å². The molecule has 0 heterocycles. The Morgan fingerprint density at radius 1 is 1.20 bits per heavy atom. The molecular formula is C22H25Cl2FN2O3. The van der Waals surface area contributed by atoms with Crippen LogP contribution < -0.4 is 11.1 Å². The van der Waals surface area contributed by atoms with Gasteiger partial charge >= 0.3 is 5.97 Å². The maximum Gasteiger partial charge on any atom is 0.306 e. The van der Waals surface area contributed by atoms with Gasteiger partial charge in [0.1, 0.15) is 11.4 Å². The fourth-order valence-electron chi connectivity index (χ4n) is 2.86. The topological polar surface area (TPSA) is 81.4 Å². The fraction of sp³-hybridized carbons (Fsp3) is 0.364. The molecule has 0 aromatic heterocycles. The molecule has 0 fully saturated rings. The maximum absolute atomic E-state index is 14.2. The third-order valence-corrected chi connectivity index (χ3v) is 4.74. The van der Waals surface area contributed by atoms with Crippen molar-refractivity contribution in [2.24, 2.45) is 0 Å². The van der Waals surface area contributed by atoms with Gasteiger partial charge in [0.05, 0.1) is 22.3 Å². The minimum atomic E-state index is -0.773. The Morgan fingerprint density at radius 2 is 1.90 bits per heavy atom. The van der Waals surface area contributed by atoms with Crippen LogP contribution >= 0.6 is 23.2 Å². The second-order valence-electron chi connectivity index (χ2n) is 7.91. The molecule has 30 heavy (non-hydrogen) atoms. The Labute approximate surface area is 185 Å². The lowest BCUT2D eigenvalue weighted by Crippen LogP contribution is -2.30. The van der Waals surface area contributed by atoms with Crippen molar-refractivity contribution >= 4 is 40.8 Å². The van der Waals surface area contributed by atoms with Gasteiger partial charge in [-0.15, -0.1) is 0 Å². The van der Waals surface area contributed by atoms with Gasteiger partial charge in [-0.1, -0.05) is 35.3 Å². The molecule has 8 heteroatoms. The molecule has 0 aliphatic rings. The van der Waals surface area contributed by atoms with E-state index < -0.39 is 23.4 Å². The zero-order valence-electron chi connectivity index (χ0n) is 17.1. The van der Waals surface area contributed by atoms with Gasteiger partial charge in [0, 0.05) is 11.4 Å². The fourth-order valence-corrected chi connectivity index (χ4v) is 3.21. The number of rotatable bonds is 7. The summed E-state index contributed by atoms with van der Waals surface area (Å²) < 4.78 is 19.5. The summed E-state index contributed by atoms with van der Waals surface area (Å²) in [5, 5.41) is 3.33. The molecule has 2 rings (SSSR count). The molecule has 162 valence electrons. The average Bonchev–Trinajstić information content (AvgIpc) is 2.62. The summed E-state index contributed by atoms with van der Waals surface area (Å²) in [6.45, 7) is 5.39. The highest BCUT2D eigenvalue weighted by Gasteiger charge is 2.21. The number of nitrogen functional groups attached to an aromatic ring is 1. The number of carbonyl (C=O) groups is 2. The number of hydrogen-bond donors (Lipinski definition) is 2. The monoisotopic (exact) mass is 454 g/mol.